The summed E-state index contributed by atoms with van der Waals surface area (Å²) in [7, 11) is 0. The van der Waals surface area contributed by atoms with Gasteiger partial charge >= 0.3 is 0 Å². The Bertz CT molecular complexity index is 2220. The Morgan fingerprint density at radius 1 is 0.944 bits per heavy atom. The first-order valence-electron chi connectivity index (χ1n) is 19.0. The number of piperidine rings is 2. The average Bonchev–Trinajstić information content (AvgIpc) is 3.91. The van der Waals surface area contributed by atoms with Crippen LogP contribution in [0.3, 0.4) is 0 Å². The summed E-state index contributed by atoms with van der Waals surface area (Å²) in [5.74, 6) is 0.897. The zero-order chi connectivity index (χ0) is 36.8. The van der Waals surface area contributed by atoms with Gasteiger partial charge < -0.3 is 15.1 Å². The molecule has 54 heavy (non-hydrogen) atoms. The van der Waals surface area contributed by atoms with Crippen LogP contribution in [0.1, 0.15) is 62.5 Å². The number of anilines is 3. The number of rotatable bonds is 9. The highest BCUT2D eigenvalue weighted by Gasteiger charge is 2.42. The highest BCUT2D eigenvalue weighted by atomic mass is 32.1. The number of aromatic nitrogens is 6. The fourth-order valence-corrected chi connectivity index (χ4v) is 9.59. The standard InChI is InChI=1S/C39H42N12O2S/c1-2-41-32-16-33(34-8-6-27-15-25(17-40)18-44-51(27)34)42-20-31(32)38-46-47-39(54-38)49-22-28-4-5-29(23-49)50(28)21-24-11-13-48(14-12-24)35-9-3-26(19-43-35)30-7-10-36(52)45-37(30)53/h3,6,8-9,15-16,18-20,24,28-30H,2,4-5,7,10-14,21-23H2,1H3,(H,41,42)(H,45,52,53)/t28?,29?,30-/m1/s1. The third-order valence-corrected chi connectivity index (χ3v) is 12.5. The van der Waals surface area contributed by atoms with E-state index in [1.165, 1.54) is 12.8 Å². The van der Waals surface area contributed by atoms with E-state index in [2.05, 4.69) is 48.5 Å². The van der Waals surface area contributed by atoms with Gasteiger partial charge in [0, 0.05) is 75.9 Å². The molecular weight excluding hydrogens is 701 g/mol. The zero-order valence-electron chi connectivity index (χ0n) is 30.2. The van der Waals surface area contributed by atoms with Crippen LogP contribution in [0, 0.1) is 17.2 Å². The van der Waals surface area contributed by atoms with Gasteiger partial charge in [-0.2, -0.15) is 10.4 Å². The molecule has 4 aliphatic rings. The largest absolute Gasteiger partial charge is 0.385 e. The lowest BCUT2D eigenvalue weighted by molar-refractivity contribution is -0.134. The third kappa shape index (κ3) is 6.53. The first-order valence-corrected chi connectivity index (χ1v) is 19.8. The van der Waals surface area contributed by atoms with Crippen molar-refractivity contribution in [2.75, 3.05) is 54.4 Å². The molecule has 0 aromatic carbocycles. The minimum absolute atomic E-state index is 0.195. The molecule has 276 valence electrons. The second kappa shape index (κ2) is 14.4. The number of pyridine rings is 2. The van der Waals surface area contributed by atoms with Crippen molar-refractivity contribution in [2.45, 2.75) is 63.5 Å². The van der Waals surface area contributed by atoms with Crippen LogP contribution in [0.4, 0.5) is 16.6 Å². The van der Waals surface area contributed by atoms with Gasteiger partial charge in [0.15, 0.2) is 5.01 Å². The number of carbonyl (C=O) groups is 2. The number of nitrogens with one attached hydrogen (secondary N) is 2. The minimum Gasteiger partial charge on any atom is -0.385 e. The summed E-state index contributed by atoms with van der Waals surface area (Å²) in [6, 6.07) is 15.0. The first kappa shape index (κ1) is 34.3. The third-order valence-electron chi connectivity index (χ3n) is 11.5. The molecule has 9 heterocycles. The SMILES string of the molecule is CCNc1cc(-c2ccc3cc(C#N)cnn23)ncc1-c1nnc(N2CC3CCC(C2)N3CC2CCN(c3ccc([C@H]4CCC(=O)NC4=O)cn3)CC2)s1. The number of carbonyl (C=O) groups excluding carboxylic acids is 2. The van der Waals surface area contributed by atoms with Crippen LogP contribution in [0.15, 0.2) is 55.0 Å². The highest BCUT2D eigenvalue weighted by Crippen LogP contribution is 2.39. The highest BCUT2D eigenvalue weighted by molar-refractivity contribution is 7.18. The molecule has 0 spiro atoms. The number of piperazine rings is 1. The second-order valence-electron chi connectivity index (χ2n) is 14.8. The van der Waals surface area contributed by atoms with Crippen LogP contribution in [0.5, 0.6) is 0 Å². The van der Waals surface area contributed by atoms with Crippen molar-refractivity contribution in [3.8, 4) is 28.0 Å². The Labute approximate surface area is 317 Å². The summed E-state index contributed by atoms with van der Waals surface area (Å²) < 4.78 is 1.81. The number of imide groups is 1. The maximum Gasteiger partial charge on any atom is 0.234 e. The average molecular weight is 743 g/mol. The van der Waals surface area contributed by atoms with E-state index < -0.39 is 0 Å². The molecule has 2 bridgehead atoms. The van der Waals surface area contributed by atoms with E-state index in [0.717, 1.165) is 102 Å². The Hall–Kier alpha value is -5.46. The van der Waals surface area contributed by atoms with E-state index >= 15 is 0 Å². The summed E-state index contributed by atoms with van der Waals surface area (Å²) in [6.07, 6.45) is 10.9. The molecule has 2 amide bonds. The van der Waals surface area contributed by atoms with Crippen molar-refractivity contribution in [3.63, 3.8) is 0 Å². The molecule has 0 aliphatic carbocycles. The molecule has 2 N–H and O–H groups in total. The number of hydrogen-bond donors (Lipinski definition) is 2. The van der Waals surface area contributed by atoms with E-state index in [0.29, 0.717) is 36.4 Å². The summed E-state index contributed by atoms with van der Waals surface area (Å²) in [4.78, 5) is 41.0. The van der Waals surface area contributed by atoms with Crippen LogP contribution in [-0.4, -0.2) is 97.8 Å². The van der Waals surface area contributed by atoms with E-state index in [1.807, 2.05) is 53.3 Å². The molecule has 0 saturated carbocycles. The van der Waals surface area contributed by atoms with Crippen LogP contribution in [0.2, 0.25) is 0 Å². The minimum atomic E-state index is -0.303. The van der Waals surface area contributed by atoms with Gasteiger partial charge in [-0.3, -0.25) is 24.8 Å². The van der Waals surface area contributed by atoms with Crippen LogP contribution >= 0.6 is 11.3 Å². The van der Waals surface area contributed by atoms with E-state index in [9.17, 15) is 14.9 Å². The molecule has 2 unspecified atom stereocenters. The maximum atomic E-state index is 12.3. The molecule has 5 aromatic heterocycles. The lowest BCUT2D eigenvalue weighted by Gasteiger charge is -2.43. The number of nitriles is 1. The molecule has 0 radical (unpaired) electrons. The van der Waals surface area contributed by atoms with Crippen molar-refractivity contribution in [2.24, 2.45) is 5.92 Å². The van der Waals surface area contributed by atoms with Gasteiger partial charge in [0.05, 0.1) is 40.1 Å². The van der Waals surface area contributed by atoms with Crippen LogP contribution < -0.4 is 20.4 Å². The lowest BCUT2D eigenvalue weighted by atomic mass is 9.91. The zero-order valence-corrected chi connectivity index (χ0v) is 31.0. The van der Waals surface area contributed by atoms with Crippen molar-refractivity contribution in [1.82, 2.24) is 40.0 Å². The van der Waals surface area contributed by atoms with Gasteiger partial charge in [0.25, 0.3) is 0 Å². The predicted octanol–water partition coefficient (Wildman–Crippen LogP) is 4.70. The lowest BCUT2D eigenvalue weighted by Crippen LogP contribution is -2.55. The quantitative estimate of drug-likeness (QED) is 0.201. The molecule has 5 aromatic rings. The summed E-state index contributed by atoms with van der Waals surface area (Å²) in [5.41, 5.74) is 5.76. The molecule has 4 saturated heterocycles. The van der Waals surface area contributed by atoms with Gasteiger partial charge in [-0.15, -0.1) is 10.2 Å². The number of amides is 2. The normalized spacial score (nSPS) is 22.1. The maximum absolute atomic E-state index is 12.3. The Morgan fingerprint density at radius 2 is 1.78 bits per heavy atom. The van der Waals surface area contributed by atoms with E-state index in [4.69, 9.17) is 15.1 Å². The van der Waals surface area contributed by atoms with E-state index in [-0.39, 0.29) is 17.7 Å². The summed E-state index contributed by atoms with van der Waals surface area (Å²) in [5, 5.41) is 30.9. The van der Waals surface area contributed by atoms with Gasteiger partial charge in [-0.05, 0) is 80.8 Å². The van der Waals surface area contributed by atoms with Gasteiger partial charge in [0.1, 0.15) is 11.9 Å². The number of nitrogens with zero attached hydrogens (tertiary/aromatic N) is 10. The molecule has 9 rings (SSSR count). The smallest absolute Gasteiger partial charge is 0.234 e. The van der Waals surface area contributed by atoms with Gasteiger partial charge in [0.2, 0.25) is 16.9 Å². The van der Waals surface area contributed by atoms with Crippen LogP contribution in [-0.2, 0) is 9.59 Å². The molecule has 15 heteroatoms. The summed E-state index contributed by atoms with van der Waals surface area (Å²) >= 11 is 1.63. The van der Waals surface area contributed by atoms with Crippen LogP contribution in [0.25, 0.3) is 27.5 Å². The Balaban J connectivity index is 0.819. The summed E-state index contributed by atoms with van der Waals surface area (Å²) in [6.45, 7) is 7.85. The number of fused-ring (bicyclic) bond motifs is 3. The van der Waals surface area contributed by atoms with Crippen molar-refractivity contribution >= 4 is 45.3 Å². The van der Waals surface area contributed by atoms with Crippen molar-refractivity contribution in [1.29, 1.82) is 5.26 Å². The fraction of sp³-hybridized carbons (Fsp3) is 0.436. The second-order valence-corrected chi connectivity index (χ2v) is 15.8. The first-order chi connectivity index (χ1) is 26.4. The molecule has 4 aliphatic heterocycles. The monoisotopic (exact) mass is 742 g/mol. The van der Waals surface area contributed by atoms with Gasteiger partial charge in [-0.25, -0.2) is 9.50 Å². The fourth-order valence-electron chi connectivity index (χ4n) is 8.70. The molecule has 4 fully saturated rings. The van der Waals surface area contributed by atoms with Crippen molar-refractivity contribution in [3.05, 3.63) is 66.1 Å². The topological polar surface area (TPSA) is 161 Å². The van der Waals surface area contributed by atoms with Gasteiger partial charge in [-0.1, -0.05) is 17.4 Å². The molecule has 3 atom stereocenters. The molecular formula is C39H42N12O2S. The van der Waals surface area contributed by atoms with E-state index in [1.54, 1.807) is 17.5 Å². The molecule has 14 nitrogen and oxygen atoms in total. The number of hydrogen-bond acceptors (Lipinski definition) is 13. The van der Waals surface area contributed by atoms with Crippen molar-refractivity contribution < 1.29 is 9.59 Å². The Morgan fingerprint density at radius 3 is 2.52 bits per heavy atom. The predicted molar refractivity (Wildman–Crippen MR) is 206 cm³/mol. The Kier molecular flexibility index (Phi) is 9.16.